The van der Waals surface area contributed by atoms with Crippen molar-refractivity contribution in [1.29, 1.82) is 0 Å². The summed E-state index contributed by atoms with van der Waals surface area (Å²) in [6, 6.07) is 0. The van der Waals surface area contributed by atoms with E-state index in [2.05, 4.69) is 0 Å². The van der Waals surface area contributed by atoms with Crippen LogP contribution in [0.5, 0.6) is 0 Å². The molecule has 1 nitrogen and oxygen atoms in total. The van der Waals surface area contributed by atoms with Crippen LogP contribution in [0.4, 0.5) is 0 Å². The predicted octanol–water partition coefficient (Wildman–Crippen LogP) is 2.57. The van der Waals surface area contributed by atoms with Crippen molar-refractivity contribution in [3.63, 3.8) is 0 Å². The molecule has 1 heteroatoms. The molecule has 0 saturated carbocycles. The van der Waals surface area contributed by atoms with E-state index in [0.29, 0.717) is 12.8 Å². The maximum absolute atomic E-state index is 10.6. The average Bonchev–Trinajstić information content (AvgIpc) is 1.85. The third-order valence-electron chi connectivity index (χ3n) is 1.25. The lowest BCUT2D eigenvalue weighted by Gasteiger charge is -1.98. The fourth-order valence-electron chi connectivity index (χ4n) is 0.628. The second-order valence-corrected chi connectivity index (χ2v) is 2.70. The largest absolute Gasteiger partial charge is 0.303 e. The van der Waals surface area contributed by atoms with E-state index in [1.165, 1.54) is 12.5 Å². The zero-order valence-corrected chi connectivity index (χ0v) is 6.90. The number of carbonyl (C=O) groups is 1. The molecule has 0 aromatic heterocycles. The number of aldehydes is 1. The SMILES string of the molecule is [2H]C(=O)C([2H])(C)CCC=C(C)C. The Morgan fingerprint density at radius 3 is 2.80 bits per heavy atom. The Morgan fingerprint density at radius 2 is 2.40 bits per heavy atom. The average molecular weight is 142 g/mol. The molecule has 0 N–H and O–H groups in total. The van der Waals surface area contributed by atoms with Crippen molar-refractivity contribution in [1.82, 2.24) is 0 Å². The second kappa shape index (κ2) is 5.21. The summed E-state index contributed by atoms with van der Waals surface area (Å²) in [4.78, 5) is 10.6. The third-order valence-corrected chi connectivity index (χ3v) is 1.25. The molecule has 0 fully saturated rings. The summed E-state index contributed by atoms with van der Waals surface area (Å²) in [5, 5.41) is 0. The summed E-state index contributed by atoms with van der Waals surface area (Å²) in [5.41, 5.74) is 1.18. The molecular weight excluding hydrogens is 124 g/mol. The zero-order chi connectivity index (χ0) is 9.78. The van der Waals surface area contributed by atoms with E-state index < -0.39 is 12.2 Å². The van der Waals surface area contributed by atoms with Crippen LogP contribution in [0.25, 0.3) is 0 Å². The molecule has 0 saturated heterocycles. The minimum absolute atomic E-state index is 0.431. The Morgan fingerprint density at radius 1 is 1.80 bits per heavy atom. The monoisotopic (exact) mass is 142 g/mol. The predicted molar refractivity (Wildman–Crippen MR) is 43.9 cm³/mol. The van der Waals surface area contributed by atoms with Gasteiger partial charge in [-0.05, 0) is 26.7 Å². The lowest BCUT2D eigenvalue weighted by atomic mass is 10.1. The van der Waals surface area contributed by atoms with E-state index in [1.807, 2.05) is 19.9 Å². The molecule has 0 aliphatic heterocycles. The maximum Gasteiger partial charge on any atom is 0.122 e. The Labute approximate surface area is 65.9 Å². The van der Waals surface area contributed by atoms with E-state index in [4.69, 9.17) is 2.74 Å². The molecule has 0 aromatic carbocycles. The van der Waals surface area contributed by atoms with Gasteiger partial charge in [0.25, 0.3) is 0 Å². The van der Waals surface area contributed by atoms with Gasteiger partial charge in [-0.25, -0.2) is 0 Å². The highest BCUT2D eigenvalue weighted by atomic mass is 16.1. The number of rotatable bonds is 4. The molecule has 58 valence electrons. The molecule has 0 aromatic rings. The Bertz CT molecular complexity index is 191. The first-order valence-corrected chi connectivity index (χ1v) is 3.50. The highest BCUT2D eigenvalue weighted by Gasteiger charge is 1.95. The van der Waals surface area contributed by atoms with E-state index >= 15 is 0 Å². The van der Waals surface area contributed by atoms with E-state index in [9.17, 15) is 4.79 Å². The first kappa shape index (κ1) is 6.14. The maximum atomic E-state index is 10.6. The van der Waals surface area contributed by atoms with Gasteiger partial charge in [0.15, 0.2) is 0 Å². The Hall–Kier alpha value is -0.590. The lowest BCUT2D eigenvalue weighted by molar-refractivity contribution is -0.110. The summed E-state index contributed by atoms with van der Waals surface area (Å²) in [7, 11) is 0. The number of allylic oxidation sites excluding steroid dienone is 2. The van der Waals surface area contributed by atoms with Gasteiger partial charge in [0, 0.05) is 7.26 Å². The quantitative estimate of drug-likeness (QED) is 0.435. The molecule has 1 unspecified atom stereocenters. The van der Waals surface area contributed by atoms with E-state index in [0.717, 1.165) is 0 Å². The summed E-state index contributed by atoms with van der Waals surface area (Å²) < 4.78 is 14.3. The molecule has 0 radical (unpaired) electrons. The molecular formula is C9H16O. The molecule has 0 aliphatic rings. The second-order valence-electron chi connectivity index (χ2n) is 2.70. The van der Waals surface area contributed by atoms with Crippen molar-refractivity contribution in [2.45, 2.75) is 33.6 Å². The minimum atomic E-state index is -1.23. The lowest BCUT2D eigenvalue weighted by Crippen LogP contribution is -1.93. The molecule has 0 rings (SSSR count). The minimum Gasteiger partial charge on any atom is -0.303 e. The van der Waals surface area contributed by atoms with Crippen molar-refractivity contribution < 1.29 is 7.54 Å². The van der Waals surface area contributed by atoms with Gasteiger partial charge in [-0.2, -0.15) is 0 Å². The zero-order valence-electron chi connectivity index (χ0n) is 8.90. The van der Waals surface area contributed by atoms with Crippen molar-refractivity contribution in [2.75, 3.05) is 0 Å². The van der Waals surface area contributed by atoms with Crippen LogP contribution in [0.15, 0.2) is 11.6 Å². The van der Waals surface area contributed by atoms with Crippen LogP contribution in [-0.4, -0.2) is 6.26 Å². The van der Waals surface area contributed by atoms with Gasteiger partial charge in [0.2, 0.25) is 0 Å². The van der Waals surface area contributed by atoms with E-state index in [1.54, 1.807) is 0 Å². The third kappa shape index (κ3) is 5.54. The smallest absolute Gasteiger partial charge is 0.122 e. The van der Waals surface area contributed by atoms with Crippen LogP contribution < -0.4 is 0 Å². The van der Waals surface area contributed by atoms with Gasteiger partial charge in [-0.15, -0.1) is 0 Å². The van der Waals surface area contributed by atoms with Gasteiger partial charge in [-0.1, -0.05) is 18.6 Å². The fraction of sp³-hybridized carbons (Fsp3) is 0.667. The molecule has 0 bridgehead atoms. The van der Waals surface area contributed by atoms with Gasteiger partial charge in [0.1, 0.15) is 7.63 Å². The summed E-state index contributed by atoms with van der Waals surface area (Å²) in [6.07, 6.45) is 2.31. The van der Waals surface area contributed by atoms with Crippen LogP contribution in [0, 0.1) is 5.89 Å². The summed E-state index contributed by atoms with van der Waals surface area (Å²) >= 11 is 0. The van der Waals surface area contributed by atoms with Crippen LogP contribution in [0.2, 0.25) is 0 Å². The molecule has 0 amide bonds. The first-order valence-electron chi connectivity index (χ1n) is 4.50. The highest BCUT2D eigenvalue weighted by Crippen LogP contribution is 2.04. The Kier molecular flexibility index (Phi) is 3.20. The summed E-state index contributed by atoms with van der Waals surface area (Å²) in [6.45, 7) is 5.44. The van der Waals surface area contributed by atoms with Gasteiger partial charge < -0.3 is 4.79 Å². The van der Waals surface area contributed by atoms with E-state index in [-0.39, 0.29) is 0 Å². The van der Waals surface area contributed by atoms with Gasteiger partial charge in [0.05, 0.1) is 0 Å². The van der Waals surface area contributed by atoms with Crippen LogP contribution in [0.1, 0.15) is 36.4 Å². The van der Waals surface area contributed by atoms with Crippen LogP contribution in [0.3, 0.4) is 0 Å². The fourth-order valence-corrected chi connectivity index (χ4v) is 0.628. The number of carbonyl (C=O) groups excluding carboxylic acids is 1. The topological polar surface area (TPSA) is 17.1 Å². The molecule has 10 heavy (non-hydrogen) atoms. The molecule has 1 atom stereocenters. The standard InChI is InChI=1S/C9H16O/c1-8(2)5-4-6-9(3)7-10/h5,7,9H,4,6H2,1-3H3/i7D,9D. The number of hydrogen-bond acceptors (Lipinski definition) is 1. The van der Waals surface area contributed by atoms with Gasteiger partial charge >= 0.3 is 0 Å². The van der Waals surface area contributed by atoms with Crippen LogP contribution >= 0.6 is 0 Å². The first-order chi connectivity index (χ1) is 5.36. The molecule has 0 spiro atoms. The Balaban J connectivity index is 3.93. The van der Waals surface area contributed by atoms with Crippen molar-refractivity contribution in [3.8, 4) is 0 Å². The highest BCUT2D eigenvalue weighted by molar-refractivity contribution is 5.52. The van der Waals surface area contributed by atoms with Crippen LogP contribution in [-0.2, 0) is 4.79 Å². The van der Waals surface area contributed by atoms with Gasteiger partial charge in [-0.3, -0.25) is 0 Å². The van der Waals surface area contributed by atoms with Crippen molar-refractivity contribution in [2.24, 2.45) is 5.89 Å². The summed E-state index contributed by atoms with van der Waals surface area (Å²) in [5.74, 6) is -1.23. The molecule has 0 aliphatic carbocycles. The van der Waals surface area contributed by atoms with Crippen molar-refractivity contribution >= 4 is 6.26 Å². The molecule has 0 heterocycles. The number of hydrogen-bond donors (Lipinski definition) is 0. The normalized spacial score (nSPS) is 18.3. The van der Waals surface area contributed by atoms with Crippen molar-refractivity contribution in [3.05, 3.63) is 11.6 Å².